The fourth-order valence-corrected chi connectivity index (χ4v) is 4.80. The summed E-state index contributed by atoms with van der Waals surface area (Å²) in [6.45, 7) is 11.2. The first-order valence-electron chi connectivity index (χ1n) is 12.8. The lowest BCUT2D eigenvalue weighted by atomic mass is 9.96. The average Bonchev–Trinajstić information content (AvgIpc) is 3.32. The van der Waals surface area contributed by atoms with Crippen molar-refractivity contribution in [3.8, 4) is 0 Å². The third-order valence-corrected chi connectivity index (χ3v) is 6.82. The first-order chi connectivity index (χ1) is 17.8. The minimum absolute atomic E-state index is 0.260. The molecule has 1 aromatic heterocycles. The van der Waals surface area contributed by atoms with Crippen LogP contribution in [-0.2, 0) is 27.1 Å². The number of ether oxygens (including phenoxy) is 2. The summed E-state index contributed by atoms with van der Waals surface area (Å²) >= 11 is 1.41. The van der Waals surface area contributed by atoms with Gasteiger partial charge in [-0.3, -0.25) is 14.5 Å². The van der Waals surface area contributed by atoms with Gasteiger partial charge in [-0.1, -0.05) is 42.8 Å². The Morgan fingerprint density at radius 2 is 1.79 bits per heavy atom. The molecule has 2 atom stereocenters. The van der Waals surface area contributed by atoms with Crippen molar-refractivity contribution < 1.29 is 23.9 Å². The highest BCUT2D eigenvalue weighted by Crippen LogP contribution is 2.21. The quantitative estimate of drug-likeness (QED) is 0.361. The van der Waals surface area contributed by atoms with E-state index in [1.807, 2.05) is 65.0 Å². The molecular formula is C29H41N3O5S. The fourth-order valence-electron chi connectivity index (χ4n) is 4.02. The lowest BCUT2D eigenvalue weighted by Crippen LogP contribution is -2.39. The Balaban J connectivity index is 2.07. The SMILES string of the molecule is COC(=O)[C@@H](C)C[C@H](Cc1ccccc1)NC(=O)c1csc(CCC(=C(C)C)N(C)C(=O)OC(C)(C)C)n1. The van der Waals surface area contributed by atoms with Crippen molar-refractivity contribution in [2.45, 2.75) is 78.9 Å². The van der Waals surface area contributed by atoms with Gasteiger partial charge in [0, 0.05) is 30.6 Å². The molecule has 208 valence electrons. The zero-order valence-electron chi connectivity index (χ0n) is 23.8. The summed E-state index contributed by atoms with van der Waals surface area (Å²) in [6, 6.07) is 9.58. The van der Waals surface area contributed by atoms with E-state index >= 15 is 0 Å². The number of thiazole rings is 1. The van der Waals surface area contributed by atoms with Crippen molar-refractivity contribution in [1.29, 1.82) is 0 Å². The van der Waals surface area contributed by atoms with Gasteiger partial charge in [0.25, 0.3) is 5.91 Å². The third-order valence-electron chi connectivity index (χ3n) is 5.91. The molecule has 38 heavy (non-hydrogen) atoms. The van der Waals surface area contributed by atoms with Gasteiger partial charge in [-0.15, -0.1) is 11.3 Å². The maximum absolute atomic E-state index is 13.1. The molecule has 0 unspecified atom stereocenters. The molecular weight excluding hydrogens is 502 g/mol. The monoisotopic (exact) mass is 543 g/mol. The molecule has 1 N–H and O–H groups in total. The highest BCUT2D eigenvalue weighted by Gasteiger charge is 2.24. The molecule has 0 saturated carbocycles. The molecule has 0 aliphatic rings. The maximum Gasteiger partial charge on any atom is 0.414 e. The molecule has 0 spiro atoms. The number of allylic oxidation sites excluding steroid dienone is 2. The second kappa shape index (κ2) is 14.1. The lowest BCUT2D eigenvalue weighted by molar-refractivity contribution is -0.145. The normalized spacial score (nSPS) is 12.7. The van der Waals surface area contributed by atoms with Crippen molar-refractivity contribution in [3.05, 3.63) is 63.2 Å². The zero-order valence-corrected chi connectivity index (χ0v) is 24.6. The second-order valence-electron chi connectivity index (χ2n) is 10.6. The molecule has 1 aromatic carbocycles. The standard InChI is InChI=1S/C29H41N3O5S/c1-19(2)24(32(7)28(35)37-29(4,5)6)14-15-25-31-23(18-38-25)26(33)30-22(16-20(3)27(34)36-8)17-21-12-10-9-11-13-21/h9-13,18,20,22H,14-17H2,1-8H3,(H,30,33)/t20-,22+/m0/s1. The molecule has 9 heteroatoms. The van der Waals surface area contributed by atoms with Gasteiger partial charge in [-0.25, -0.2) is 9.78 Å². The molecule has 0 fully saturated rings. The number of nitrogens with zero attached hydrogens (tertiary/aromatic N) is 2. The van der Waals surface area contributed by atoms with Crippen LogP contribution >= 0.6 is 11.3 Å². The third kappa shape index (κ3) is 9.93. The molecule has 8 nitrogen and oxygen atoms in total. The Morgan fingerprint density at radius 1 is 1.13 bits per heavy atom. The summed E-state index contributed by atoms with van der Waals surface area (Å²) in [5, 5.41) is 5.61. The highest BCUT2D eigenvalue weighted by molar-refractivity contribution is 7.09. The smallest absolute Gasteiger partial charge is 0.414 e. The van der Waals surface area contributed by atoms with Crippen molar-refractivity contribution in [1.82, 2.24) is 15.2 Å². The first-order valence-corrected chi connectivity index (χ1v) is 13.7. The number of esters is 1. The van der Waals surface area contributed by atoms with Crippen molar-refractivity contribution >= 4 is 29.3 Å². The number of hydrogen-bond acceptors (Lipinski definition) is 7. The largest absolute Gasteiger partial charge is 0.469 e. The van der Waals surface area contributed by atoms with Crippen LogP contribution in [0.2, 0.25) is 0 Å². The van der Waals surface area contributed by atoms with Gasteiger partial charge in [0.1, 0.15) is 11.3 Å². The van der Waals surface area contributed by atoms with E-state index in [0.29, 0.717) is 31.4 Å². The number of aryl methyl sites for hydroxylation is 1. The Kier molecular flexibility index (Phi) is 11.5. The molecule has 2 aromatic rings. The van der Waals surface area contributed by atoms with Crippen LogP contribution < -0.4 is 5.32 Å². The number of carbonyl (C=O) groups is 3. The van der Waals surface area contributed by atoms with Crippen LogP contribution in [-0.4, -0.2) is 53.7 Å². The van der Waals surface area contributed by atoms with E-state index in [-0.39, 0.29) is 23.8 Å². The fraction of sp³-hybridized carbons (Fsp3) is 0.517. The lowest BCUT2D eigenvalue weighted by Gasteiger charge is -2.27. The molecule has 2 amide bonds. The number of methoxy groups -OCH3 is 1. The summed E-state index contributed by atoms with van der Waals surface area (Å²) in [5.74, 6) is -0.942. The van der Waals surface area contributed by atoms with E-state index in [0.717, 1.165) is 21.8 Å². The van der Waals surface area contributed by atoms with Crippen LogP contribution in [0, 0.1) is 5.92 Å². The van der Waals surface area contributed by atoms with Gasteiger partial charge >= 0.3 is 12.1 Å². The average molecular weight is 544 g/mol. The Morgan fingerprint density at radius 3 is 2.37 bits per heavy atom. The molecule has 0 saturated heterocycles. The van der Waals surface area contributed by atoms with Crippen LogP contribution in [0.3, 0.4) is 0 Å². The number of aromatic nitrogens is 1. The van der Waals surface area contributed by atoms with E-state index in [1.165, 1.54) is 18.4 Å². The van der Waals surface area contributed by atoms with Crippen molar-refractivity contribution in [3.63, 3.8) is 0 Å². The number of rotatable bonds is 11. The number of hydrogen-bond donors (Lipinski definition) is 1. The number of nitrogens with one attached hydrogen (secondary N) is 1. The highest BCUT2D eigenvalue weighted by atomic mass is 32.1. The summed E-state index contributed by atoms with van der Waals surface area (Å²) in [5.41, 5.74) is 2.70. The predicted octanol–water partition coefficient (Wildman–Crippen LogP) is 5.78. The molecule has 1 heterocycles. The molecule has 0 aliphatic heterocycles. The topological polar surface area (TPSA) is 97.8 Å². The maximum atomic E-state index is 13.1. The molecule has 0 radical (unpaired) electrons. The van der Waals surface area contributed by atoms with Gasteiger partial charge in [-0.2, -0.15) is 0 Å². The van der Waals surface area contributed by atoms with Crippen LogP contribution in [0.25, 0.3) is 0 Å². The van der Waals surface area contributed by atoms with E-state index in [2.05, 4.69) is 10.3 Å². The van der Waals surface area contributed by atoms with E-state index in [4.69, 9.17) is 9.47 Å². The zero-order chi connectivity index (χ0) is 28.5. The molecule has 2 rings (SSSR count). The van der Waals surface area contributed by atoms with Crippen molar-refractivity contribution in [2.24, 2.45) is 5.92 Å². The van der Waals surface area contributed by atoms with Crippen LogP contribution in [0.15, 0.2) is 47.0 Å². The summed E-state index contributed by atoms with van der Waals surface area (Å²) < 4.78 is 10.4. The number of amides is 2. The van der Waals surface area contributed by atoms with Gasteiger partial charge in [0.15, 0.2) is 0 Å². The summed E-state index contributed by atoms with van der Waals surface area (Å²) in [6.07, 6.45) is 1.80. The van der Waals surface area contributed by atoms with Crippen molar-refractivity contribution in [2.75, 3.05) is 14.2 Å². The number of benzene rings is 1. The molecule has 0 bridgehead atoms. The predicted molar refractivity (Wildman–Crippen MR) is 150 cm³/mol. The van der Waals surface area contributed by atoms with Gasteiger partial charge in [0.05, 0.1) is 18.0 Å². The van der Waals surface area contributed by atoms with Gasteiger partial charge < -0.3 is 14.8 Å². The molecule has 0 aliphatic carbocycles. The Labute approximate surface area is 230 Å². The van der Waals surface area contributed by atoms with E-state index < -0.39 is 11.7 Å². The number of carbonyl (C=O) groups excluding carboxylic acids is 3. The van der Waals surface area contributed by atoms with Crippen LogP contribution in [0.5, 0.6) is 0 Å². The van der Waals surface area contributed by atoms with Crippen LogP contribution in [0.4, 0.5) is 4.79 Å². The van der Waals surface area contributed by atoms with E-state index in [1.54, 1.807) is 24.3 Å². The Bertz CT molecular complexity index is 1120. The Hall–Kier alpha value is -3.20. The summed E-state index contributed by atoms with van der Waals surface area (Å²) in [4.78, 5) is 43.8. The minimum atomic E-state index is -0.581. The van der Waals surface area contributed by atoms with Gasteiger partial charge in [-0.05, 0) is 59.4 Å². The first kappa shape index (κ1) is 31.0. The minimum Gasteiger partial charge on any atom is -0.469 e. The van der Waals surface area contributed by atoms with E-state index in [9.17, 15) is 14.4 Å². The summed E-state index contributed by atoms with van der Waals surface area (Å²) in [7, 11) is 3.08. The second-order valence-corrected chi connectivity index (χ2v) is 11.6. The van der Waals surface area contributed by atoms with Crippen LogP contribution in [0.1, 0.15) is 75.4 Å². The van der Waals surface area contributed by atoms with Gasteiger partial charge in [0.2, 0.25) is 0 Å².